The van der Waals surface area contributed by atoms with E-state index in [0.717, 1.165) is 15.9 Å². The molecule has 0 radical (unpaired) electrons. The smallest absolute Gasteiger partial charge is 0.412 e. The van der Waals surface area contributed by atoms with E-state index in [1.807, 2.05) is 18.2 Å². The minimum atomic E-state index is -3.99. The number of rotatable bonds is 11. The topological polar surface area (TPSA) is 128 Å². The van der Waals surface area contributed by atoms with Gasteiger partial charge in [0.1, 0.15) is 24.3 Å². The molecule has 1 N–H and O–H groups in total. The molecule has 0 spiro atoms. The number of halogens is 1. The Bertz CT molecular complexity index is 1380. The molecule has 3 rings (SSSR count). The first-order chi connectivity index (χ1) is 18.8. The van der Waals surface area contributed by atoms with Crippen LogP contribution in [0, 0.1) is 0 Å². The summed E-state index contributed by atoms with van der Waals surface area (Å²) in [5, 5.41) is 1.30. The number of benzene rings is 2. The van der Waals surface area contributed by atoms with Gasteiger partial charge in [-0.25, -0.2) is 22.3 Å². The summed E-state index contributed by atoms with van der Waals surface area (Å²) in [4.78, 5) is 37.2. The van der Waals surface area contributed by atoms with Crippen molar-refractivity contribution in [2.45, 2.75) is 44.0 Å². The van der Waals surface area contributed by atoms with Crippen LogP contribution in [0.5, 0.6) is 0 Å². The molecule has 10 nitrogen and oxygen atoms in total. The molecular formula is C27H33BrN2O8SSi. The number of carbonyl (C=O) groups is 3. The predicted molar refractivity (Wildman–Crippen MR) is 156 cm³/mol. The van der Waals surface area contributed by atoms with Gasteiger partial charge < -0.3 is 14.2 Å². The van der Waals surface area contributed by atoms with Crippen molar-refractivity contribution in [3.8, 4) is 0 Å². The van der Waals surface area contributed by atoms with Crippen molar-refractivity contribution in [1.29, 1.82) is 0 Å². The van der Waals surface area contributed by atoms with E-state index in [-0.39, 0.29) is 25.5 Å². The van der Waals surface area contributed by atoms with Crippen molar-refractivity contribution in [3.63, 3.8) is 0 Å². The number of methoxy groups -OCH3 is 1. The Morgan fingerprint density at radius 1 is 1.15 bits per heavy atom. The largest absolute Gasteiger partial charge is 0.464 e. The predicted octanol–water partition coefficient (Wildman–Crippen LogP) is 4.80. The molecule has 1 aliphatic heterocycles. The lowest BCUT2D eigenvalue weighted by Crippen LogP contribution is -2.33. The molecule has 1 fully saturated rings. The molecule has 40 heavy (non-hydrogen) atoms. The summed E-state index contributed by atoms with van der Waals surface area (Å²) >= 11 is 3.40. The monoisotopic (exact) mass is 652 g/mol. The number of ether oxygens (including phenoxy) is 3. The highest BCUT2D eigenvalue weighted by Crippen LogP contribution is 2.39. The molecule has 1 atom stereocenters. The first-order valence-corrected chi connectivity index (χ1v) is 18.5. The van der Waals surface area contributed by atoms with Crippen molar-refractivity contribution in [3.05, 3.63) is 75.4 Å². The van der Waals surface area contributed by atoms with Crippen LogP contribution in [0.2, 0.25) is 25.7 Å². The van der Waals surface area contributed by atoms with Crippen LogP contribution in [0.15, 0.2) is 58.7 Å². The van der Waals surface area contributed by atoms with Gasteiger partial charge >= 0.3 is 12.1 Å². The van der Waals surface area contributed by atoms with E-state index < -0.39 is 41.3 Å². The molecule has 2 aromatic carbocycles. The summed E-state index contributed by atoms with van der Waals surface area (Å²) in [6.45, 7) is 6.64. The van der Waals surface area contributed by atoms with E-state index in [1.165, 1.54) is 13.2 Å². The summed E-state index contributed by atoms with van der Waals surface area (Å²) < 4.78 is 43.1. The van der Waals surface area contributed by atoms with Crippen LogP contribution < -0.4 is 5.32 Å². The maximum absolute atomic E-state index is 13.2. The molecular weight excluding hydrogens is 620 g/mol. The van der Waals surface area contributed by atoms with Crippen LogP contribution in [-0.4, -0.2) is 59.2 Å². The third-order valence-corrected chi connectivity index (χ3v) is 10.5. The average Bonchev–Trinajstić information content (AvgIpc) is 3.12. The number of hydrogen-bond donors (Lipinski definition) is 1. The van der Waals surface area contributed by atoms with Gasteiger partial charge in [-0.1, -0.05) is 78.0 Å². The Morgan fingerprint density at radius 3 is 2.48 bits per heavy atom. The van der Waals surface area contributed by atoms with E-state index in [4.69, 9.17) is 14.2 Å². The number of nitrogens with zero attached hydrogens (tertiary/aromatic N) is 1. The van der Waals surface area contributed by atoms with Crippen molar-refractivity contribution in [2.24, 2.45) is 0 Å². The first-order valence-electron chi connectivity index (χ1n) is 12.5. The Kier molecular flexibility index (Phi) is 10.7. The molecule has 0 aliphatic carbocycles. The lowest BCUT2D eigenvalue weighted by Gasteiger charge is -2.20. The Morgan fingerprint density at radius 2 is 1.85 bits per heavy atom. The van der Waals surface area contributed by atoms with E-state index in [2.05, 4.69) is 40.9 Å². The van der Waals surface area contributed by atoms with Gasteiger partial charge in [0, 0.05) is 19.2 Å². The van der Waals surface area contributed by atoms with Crippen LogP contribution in [0.25, 0.3) is 6.08 Å². The SMILES string of the molecule is COC(=O)/C(=C/c1ccc(C2CC(=O)N(COCC[Si](C)(C)C)S2(=O)=O)c(Br)c1)NC(=O)OCc1ccccc1. The van der Waals surface area contributed by atoms with Gasteiger partial charge in [-0.15, -0.1) is 0 Å². The van der Waals surface area contributed by atoms with Gasteiger partial charge in [-0.05, 0) is 34.9 Å². The number of hydrogen-bond acceptors (Lipinski definition) is 8. The zero-order chi connectivity index (χ0) is 29.5. The number of amides is 2. The highest BCUT2D eigenvalue weighted by atomic mass is 79.9. The first kappa shape index (κ1) is 31.5. The van der Waals surface area contributed by atoms with Crippen molar-refractivity contribution in [2.75, 3.05) is 20.4 Å². The van der Waals surface area contributed by atoms with Crippen LogP contribution in [0.4, 0.5) is 4.79 Å². The fraction of sp³-hybridized carbons (Fsp3) is 0.370. The number of carbonyl (C=O) groups excluding carboxylic acids is 3. The zero-order valence-corrected chi connectivity index (χ0v) is 26.2. The maximum Gasteiger partial charge on any atom is 0.412 e. The van der Waals surface area contributed by atoms with Gasteiger partial charge in [0.2, 0.25) is 15.9 Å². The fourth-order valence-electron chi connectivity index (χ4n) is 3.79. The van der Waals surface area contributed by atoms with Crippen molar-refractivity contribution >= 4 is 58.1 Å². The summed E-state index contributed by atoms with van der Waals surface area (Å²) in [6, 6.07) is 14.6. The van der Waals surface area contributed by atoms with Crippen molar-refractivity contribution < 1.29 is 37.0 Å². The van der Waals surface area contributed by atoms with Crippen molar-refractivity contribution in [1.82, 2.24) is 9.62 Å². The minimum Gasteiger partial charge on any atom is -0.464 e. The Balaban J connectivity index is 1.73. The standard InChI is InChI=1S/C27H33BrN2O8SSi/c1-36-26(32)23(29-27(33)38-17-19-8-6-5-7-9-19)15-20-10-11-21(22(28)14-20)24-16-25(31)30(39(24,34)35)18-37-12-13-40(2,3)4/h5-11,14-15,24H,12-13,16-18H2,1-4H3,(H,29,33)/b23-15-. The van der Waals surface area contributed by atoms with Crippen LogP contribution >= 0.6 is 15.9 Å². The molecule has 1 saturated heterocycles. The molecule has 0 aromatic heterocycles. The second kappa shape index (κ2) is 13.6. The Hall–Kier alpha value is -3.00. The zero-order valence-electron chi connectivity index (χ0n) is 22.8. The second-order valence-corrected chi connectivity index (χ2v) is 18.9. The average molecular weight is 654 g/mol. The number of alkyl carbamates (subject to hydrolysis) is 1. The lowest BCUT2D eigenvalue weighted by molar-refractivity contribution is -0.136. The van der Waals surface area contributed by atoms with Crippen LogP contribution in [-0.2, 0) is 40.4 Å². The van der Waals surface area contributed by atoms with Gasteiger partial charge in [0.15, 0.2) is 0 Å². The Labute approximate surface area is 243 Å². The van der Waals surface area contributed by atoms with E-state index in [0.29, 0.717) is 22.2 Å². The van der Waals surface area contributed by atoms with Crippen LogP contribution in [0.3, 0.4) is 0 Å². The highest BCUT2D eigenvalue weighted by molar-refractivity contribution is 9.10. The maximum atomic E-state index is 13.2. The second-order valence-electron chi connectivity index (χ2n) is 10.3. The third-order valence-electron chi connectivity index (χ3n) is 6.05. The molecule has 216 valence electrons. The summed E-state index contributed by atoms with van der Waals surface area (Å²) in [7, 11) is -4.18. The summed E-state index contributed by atoms with van der Waals surface area (Å²) in [6.07, 6.45) is 0.311. The molecule has 2 aromatic rings. The van der Waals surface area contributed by atoms with Gasteiger partial charge in [0.05, 0.1) is 13.5 Å². The minimum absolute atomic E-state index is 0.0102. The molecule has 2 amide bonds. The summed E-state index contributed by atoms with van der Waals surface area (Å²) in [5.74, 6) is -1.33. The van der Waals surface area contributed by atoms with E-state index in [1.54, 1.807) is 30.3 Å². The molecule has 1 aliphatic rings. The normalized spacial score (nSPS) is 17.0. The molecule has 0 saturated carbocycles. The number of nitrogens with one attached hydrogen (secondary N) is 1. The van der Waals surface area contributed by atoms with Crippen LogP contribution in [0.1, 0.15) is 28.4 Å². The highest BCUT2D eigenvalue weighted by Gasteiger charge is 2.46. The van der Waals surface area contributed by atoms with E-state index >= 15 is 0 Å². The molecule has 1 unspecified atom stereocenters. The molecule has 13 heteroatoms. The number of esters is 1. The molecule has 1 heterocycles. The number of sulfonamides is 1. The lowest BCUT2D eigenvalue weighted by atomic mass is 10.1. The third kappa shape index (κ3) is 8.50. The quantitative estimate of drug-likeness (QED) is 0.159. The fourth-order valence-corrected chi connectivity index (χ4v) is 7.14. The summed E-state index contributed by atoms with van der Waals surface area (Å²) in [5.41, 5.74) is 1.46. The van der Waals surface area contributed by atoms with E-state index in [9.17, 15) is 22.8 Å². The van der Waals surface area contributed by atoms with Gasteiger partial charge in [0.25, 0.3) is 0 Å². The van der Waals surface area contributed by atoms with Gasteiger partial charge in [-0.3, -0.25) is 10.1 Å². The van der Waals surface area contributed by atoms with Gasteiger partial charge in [-0.2, -0.15) is 0 Å². The molecule has 0 bridgehead atoms.